The van der Waals surface area contributed by atoms with Crippen LogP contribution < -0.4 is 0 Å². The number of hydrogen-bond acceptors (Lipinski definition) is 3. The molecule has 1 aliphatic rings. The highest BCUT2D eigenvalue weighted by atomic mass is 16.3. The fourth-order valence-corrected chi connectivity index (χ4v) is 5.32. The summed E-state index contributed by atoms with van der Waals surface area (Å²) in [6.45, 7) is 12.0. The quantitative estimate of drug-likeness (QED) is 0.274. The Morgan fingerprint density at radius 2 is 1.72 bits per heavy atom. The van der Waals surface area contributed by atoms with Crippen LogP contribution in [0.5, 0.6) is 0 Å². The van der Waals surface area contributed by atoms with E-state index in [9.17, 15) is 9.90 Å². The van der Waals surface area contributed by atoms with E-state index in [-0.39, 0.29) is 5.78 Å². The van der Waals surface area contributed by atoms with Crippen molar-refractivity contribution in [3.63, 3.8) is 0 Å². The van der Waals surface area contributed by atoms with Crippen molar-refractivity contribution in [1.29, 1.82) is 0 Å². The molecule has 1 N–H and O–H groups in total. The van der Waals surface area contributed by atoms with Gasteiger partial charge in [-0.15, -0.1) is 0 Å². The molecule has 3 aromatic carbocycles. The van der Waals surface area contributed by atoms with Crippen LogP contribution in [-0.4, -0.2) is 17.1 Å². The molecule has 6 bridgehead atoms. The minimum atomic E-state index is -1.38. The molecule has 2 atom stereocenters. The molecule has 3 aromatic rings. The van der Waals surface area contributed by atoms with Gasteiger partial charge in [-0.3, -0.25) is 9.79 Å². The fraction of sp³-hybridized carbons (Fsp3) is 0.333. The molecule has 0 fully saturated rings. The highest BCUT2D eigenvalue weighted by molar-refractivity contribution is 5.99. The minimum absolute atomic E-state index is 0.00443. The van der Waals surface area contributed by atoms with E-state index in [1.165, 1.54) is 16.7 Å². The van der Waals surface area contributed by atoms with Crippen molar-refractivity contribution in [2.45, 2.75) is 72.8 Å². The predicted octanol–water partition coefficient (Wildman–Crippen LogP) is 8.07. The van der Waals surface area contributed by atoms with E-state index in [1.807, 2.05) is 31.3 Å². The Balaban J connectivity index is 2.03. The Bertz CT molecular complexity index is 1460. The molecule has 3 heteroatoms. The predicted molar refractivity (Wildman–Crippen MR) is 163 cm³/mol. The SMILES string of the molecule is CCC(C)C=N/C=C(\C)C1(O)c2ccc(C)c(c2)CCCc2cccc(c2)/C(=C/C(C)=O)c2cc1ccc2C. The molecule has 1 aliphatic carbocycles. The zero-order valence-corrected chi connectivity index (χ0v) is 24.2. The van der Waals surface area contributed by atoms with Crippen molar-refractivity contribution in [2.24, 2.45) is 10.9 Å². The van der Waals surface area contributed by atoms with Gasteiger partial charge in [0, 0.05) is 12.4 Å². The first-order valence-corrected chi connectivity index (χ1v) is 14.1. The Morgan fingerprint density at radius 3 is 2.44 bits per heavy atom. The second-order valence-electron chi connectivity index (χ2n) is 11.1. The maximum atomic E-state index is 12.7. The van der Waals surface area contributed by atoms with Crippen LogP contribution in [0.15, 0.2) is 83.5 Å². The summed E-state index contributed by atoms with van der Waals surface area (Å²) in [4.78, 5) is 17.0. The summed E-state index contributed by atoms with van der Waals surface area (Å²) in [5, 5.41) is 12.7. The largest absolute Gasteiger partial charge is 0.376 e. The second kappa shape index (κ2) is 12.1. The molecule has 0 saturated carbocycles. The van der Waals surface area contributed by atoms with Gasteiger partial charge in [0.2, 0.25) is 0 Å². The molecule has 4 rings (SSSR count). The molecule has 0 aromatic heterocycles. The Labute approximate surface area is 234 Å². The summed E-state index contributed by atoms with van der Waals surface area (Å²) in [5.41, 5.74) is 8.58. The molecular formula is C36H41NO2. The van der Waals surface area contributed by atoms with Crippen molar-refractivity contribution in [3.05, 3.63) is 123 Å². The standard InChI is InChI=1S/C36H41NO2/c1-7-24(2)22-37-23-27(5)36(39)32-16-14-25(3)30(20-32)12-8-10-29-11-9-13-31(19-29)35(18-28(6)38)34-21-33(36)17-15-26(34)4/h9,11,13-24,39H,7-8,10,12H2,1-6H3/b27-23+,35-18-,37-22?. The fourth-order valence-electron chi connectivity index (χ4n) is 5.32. The summed E-state index contributed by atoms with van der Waals surface area (Å²) in [6, 6.07) is 20.9. The van der Waals surface area contributed by atoms with Crippen molar-refractivity contribution in [1.82, 2.24) is 0 Å². The number of carbonyl (C=O) groups is 1. The second-order valence-corrected chi connectivity index (χ2v) is 11.1. The molecule has 0 heterocycles. The molecule has 0 aliphatic heterocycles. The van der Waals surface area contributed by atoms with Crippen LogP contribution in [0.3, 0.4) is 0 Å². The average molecular weight is 520 g/mol. The zero-order valence-electron chi connectivity index (χ0n) is 24.2. The van der Waals surface area contributed by atoms with Crippen LogP contribution in [0.1, 0.15) is 85.0 Å². The number of aryl methyl sites for hydroxylation is 4. The molecule has 202 valence electrons. The average Bonchev–Trinajstić information content (AvgIpc) is 2.92. The molecule has 2 unspecified atom stereocenters. The number of carbonyl (C=O) groups excluding carboxylic acids is 1. The van der Waals surface area contributed by atoms with Crippen molar-refractivity contribution in [2.75, 3.05) is 0 Å². The monoisotopic (exact) mass is 519 g/mol. The lowest BCUT2D eigenvalue weighted by atomic mass is 9.77. The number of aliphatic hydroxyl groups is 1. The number of ketones is 1. The topological polar surface area (TPSA) is 49.7 Å². The van der Waals surface area contributed by atoms with Crippen molar-refractivity contribution >= 4 is 17.6 Å². The highest BCUT2D eigenvalue weighted by Crippen LogP contribution is 2.40. The lowest BCUT2D eigenvalue weighted by molar-refractivity contribution is -0.112. The molecule has 0 saturated heterocycles. The van der Waals surface area contributed by atoms with Gasteiger partial charge in [0.1, 0.15) is 5.60 Å². The van der Waals surface area contributed by atoms with Crippen molar-refractivity contribution in [3.8, 4) is 0 Å². The van der Waals surface area contributed by atoms with E-state index in [2.05, 4.69) is 75.2 Å². The first-order valence-electron chi connectivity index (χ1n) is 14.1. The number of fused-ring (bicyclic) bond motifs is 6. The summed E-state index contributed by atoms with van der Waals surface area (Å²) in [5.74, 6) is 0.356. The Morgan fingerprint density at radius 1 is 1.00 bits per heavy atom. The summed E-state index contributed by atoms with van der Waals surface area (Å²) >= 11 is 0. The number of benzene rings is 3. The molecule has 0 amide bonds. The first kappa shape index (κ1) is 28.4. The number of rotatable bonds is 5. The number of allylic oxidation sites excluding steroid dienone is 1. The van der Waals surface area contributed by atoms with Gasteiger partial charge in [0.25, 0.3) is 0 Å². The van der Waals surface area contributed by atoms with Crippen LogP contribution >= 0.6 is 0 Å². The Kier molecular flexibility index (Phi) is 8.82. The third kappa shape index (κ3) is 6.20. The molecular weight excluding hydrogens is 478 g/mol. The lowest BCUT2D eigenvalue weighted by Crippen LogP contribution is -2.29. The van der Waals surface area contributed by atoms with Crippen molar-refractivity contribution < 1.29 is 9.90 Å². The van der Waals surface area contributed by atoms with Gasteiger partial charge in [-0.1, -0.05) is 68.4 Å². The van der Waals surface area contributed by atoms with Gasteiger partial charge < -0.3 is 5.11 Å². The van der Waals surface area contributed by atoms with Gasteiger partial charge in [0.15, 0.2) is 5.78 Å². The maximum Gasteiger partial charge on any atom is 0.153 e. The number of hydrogen-bond donors (Lipinski definition) is 1. The summed E-state index contributed by atoms with van der Waals surface area (Å²) < 4.78 is 0. The number of nitrogens with zero attached hydrogens (tertiary/aromatic N) is 1. The molecule has 0 radical (unpaired) electrons. The summed E-state index contributed by atoms with van der Waals surface area (Å²) in [7, 11) is 0. The van der Waals surface area contributed by atoms with E-state index >= 15 is 0 Å². The van der Waals surface area contributed by atoms with Gasteiger partial charge in [-0.05, 0) is 127 Å². The maximum absolute atomic E-state index is 12.7. The van der Waals surface area contributed by atoms with Gasteiger partial charge in [0.05, 0.1) is 0 Å². The minimum Gasteiger partial charge on any atom is -0.376 e. The first-order chi connectivity index (χ1) is 18.6. The molecule has 39 heavy (non-hydrogen) atoms. The van der Waals surface area contributed by atoms with Gasteiger partial charge in [-0.2, -0.15) is 0 Å². The lowest BCUT2D eigenvalue weighted by Gasteiger charge is -2.32. The summed E-state index contributed by atoms with van der Waals surface area (Å²) in [6.07, 6.45) is 9.33. The van der Waals surface area contributed by atoms with Crippen LogP contribution in [0.2, 0.25) is 0 Å². The third-order valence-electron chi connectivity index (χ3n) is 8.03. The third-order valence-corrected chi connectivity index (χ3v) is 8.03. The highest BCUT2D eigenvalue weighted by Gasteiger charge is 2.35. The van der Waals surface area contributed by atoms with E-state index in [4.69, 9.17) is 0 Å². The van der Waals surface area contributed by atoms with E-state index in [0.29, 0.717) is 5.92 Å². The smallest absolute Gasteiger partial charge is 0.153 e. The van der Waals surface area contributed by atoms with Crippen LogP contribution in [0, 0.1) is 19.8 Å². The Hall–Kier alpha value is -3.56. The van der Waals surface area contributed by atoms with Crippen LogP contribution in [0.25, 0.3) is 5.57 Å². The van der Waals surface area contributed by atoms with E-state index in [0.717, 1.165) is 64.6 Å². The van der Waals surface area contributed by atoms with E-state index in [1.54, 1.807) is 19.2 Å². The molecule has 3 nitrogen and oxygen atoms in total. The normalized spacial score (nSPS) is 19.7. The van der Waals surface area contributed by atoms with Crippen LogP contribution in [-0.2, 0) is 23.2 Å². The van der Waals surface area contributed by atoms with Gasteiger partial charge in [-0.25, -0.2) is 0 Å². The van der Waals surface area contributed by atoms with Gasteiger partial charge >= 0.3 is 0 Å². The van der Waals surface area contributed by atoms with E-state index < -0.39 is 5.60 Å². The number of aliphatic imine (C=N–C) groups is 1. The zero-order chi connectivity index (χ0) is 28.2. The van der Waals surface area contributed by atoms with Crippen LogP contribution in [0.4, 0.5) is 0 Å². The molecule has 0 spiro atoms.